The SMILES string of the molecule is CCC1=CCc2cc(O)ccc21. The first-order chi connectivity index (χ1) is 5.81. The molecule has 1 aliphatic carbocycles. The van der Waals surface area contributed by atoms with Crippen LogP contribution in [0.5, 0.6) is 5.75 Å². The van der Waals surface area contributed by atoms with E-state index in [1.807, 2.05) is 12.1 Å². The van der Waals surface area contributed by atoms with Crippen molar-refractivity contribution in [3.8, 4) is 5.75 Å². The average molecular weight is 160 g/mol. The van der Waals surface area contributed by atoms with Crippen molar-refractivity contribution in [2.45, 2.75) is 19.8 Å². The van der Waals surface area contributed by atoms with E-state index in [-0.39, 0.29) is 0 Å². The summed E-state index contributed by atoms with van der Waals surface area (Å²) in [4.78, 5) is 0. The zero-order valence-electron chi connectivity index (χ0n) is 7.17. The van der Waals surface area contributed by atoms with E-state index in [2.05, 4.69) is 13.0 Å². The van der Waals surface area contributed by atoms with Crippen LogP contribution in [-0.4, -0.2) is 5.11 Å². The molecule has 0 fully saturated rings. The summed E-state index contributed by atoms with van der Waals surface area (Å²) < 4.78 is 0. The standard InChI is InChI=1S/C11H12O/c1-2-8-3-4-9-7-10(12)5-6-11(8)9/h3,5-7,12H,2,4H2,1H3. The summed E-state index contributed by atoms with van der Waals surface area (Å²) in [6, 6.07) is 5.62. The van der Waals surface area contributed by atoms with Crippen molar-refractivity contribution in [2.75, 3.05) is 0 Å². The zero-order chi connectivity index (χ0) is 8.55. The molecule has 0 radical (unpaired) electrons. The lowest BCUT2D eigenvalue weighted by Crippen LogP contribution is -1.82. The molecule has 0 aromatic heterocycles. The molecule has 1 aliphatic rings. The molecule has 0 saturated carbocycles. The van der Waals surface area contributed by atoms with E-state index in [1.54, 1.807) is 6.07 Å². The van der Waals surface area contributed by atoms with E-state index in [9.17, 15) is 5.11 Å². The van der Waals surface area contributed by atoms with Crippen LogP contribution in [0.3, 0.4) is 0 Å². The Kier molecular flexibility index (Phi) is 1.65. The first-order valence-corrected chi connectivity index (χ1v) is 4.32. The molecule has 0 atom stereocenters. The zero-order valence-corrected chi connectivity index (χ0v) is 7.17. The Morgan fingerprint density at radius 2 is 2.25 bits per heavy atom. The van der Waals surface area contributed by atoms with E-state index in [4.69, 9.17) is 0 Å². The molecule has 0 aliphatic heterocycles. The predicted molar refractivity (Wildman–Crippen MR) is 50.1 cm³/mol. The van der Waals surface area contributed by atoms with Crippen molar-refractivity contribution in [2.24, 2.45) is 0 Å². The van der Waals surface area contributed by atoms with E-state index in [0.717, 1.165) is 12.8 Å². The quantitative estimate of drug-likeness (QED) is 0.669. The Balaban J connectivity index is 2.47. The van der Waals surface area contributed by atoms with Crippen molar-refractivity contribution < 1.29 is 5.11 Å². The molecule has 1 nitrogen and oxygen atoms in total. The lowest BCUT2D eigenvalue weighted by Gasteiger charge is -2.02. The van der Waals surface area contributed by atoms with Gasteiger partial charge in [-0.2, -0.15) is 0 Å². The van der Waals surface area contributed by atoms with Gasteiger partial charge in [0.2, 0.25) is 0 Å². The minimum atomic E-state index is 0.375. The third-order valence-electron chi connectivity index (χ3n) is 2.38. The van der Waals surface area contributed by atoms with Crippen molar-refractivity contribution >= 4 is 5.57 Å². The maximum absolute atomic E-state index is 9.23. The molecule has 0 bridgehead atoms. The van der Waals surface area contributed by atoms with Crippen LogP contribution >= 0.6 is 0 Å². The Morgan fingerprint density at radius 1 is 1.42 bits per heavy atom. The number of rotatable bonds is 1. The molecule has 0 unspecified atom stereocenters. The Bertz CT molecular complexity index is 337. The van der Waals surface area contributed by atoms with E-state index in [1.165, 1.54) is 16.7 Å². The van der Waals surface area contributed by atoms with Crippen LogP contribution in [0.2, 0.25) is 0 Å². The molecule has 1 aromatic carbocycles. The smallest absolute Gasteiger partial charge is 0.115 e. The summed E-state index contributed by atoms with van der Waals surface area (Å²) in [5.74, 6) is 0.375. The summed E-state index contributed by atoms with van der Waals surface area (Å²) in [6.07, 6.45) is 4.30. The second kappa shape index (κ2) is 2.67. The lowest BCUT2D eigenvalue weighted by atomic mass is 10.0. The molecule has 0 saturated heterocycles. The number of aromatic hydroxyl groups is 1. The van der Waals surface area contributed by atoms with Gasteiger partial charge >= 0.3 is 0 Å². The summed E-state index contributed by atoms with van der Waals surface area (Å²) in [6.45, 7) is 2.16. The second-order valence-corrected chi connectivity index (χ2v) is 3.13. The minimum absolute atomic E-state index is 0.375. The normalized spacial score (nSPS) is 14.2. The fourth-order valence-electron chi connectivity index (χ4n) is 1.74. The Labute approximate surface area is 72.4 Å². The second-order valence-electron chi connectivity index (χ2n) is 3.13. The van der Waals surface area contributed by atoms with Gasteiger partial charge in [0.05, 0.1) is 0 Å². The fourth-order valence-corrected chi connectivity index (χ4v) is 1.74. The molecule has 62 valence electrons. The maximum Gasteiger partial charge on any atom is 0.115 e. The van der Waals surface area contributed by atoms with Crippen molar-refractivity contribution in [3.63, 3.8) is 0 Å². The van der Waals surface area contributed by atoms with Crippen LogP contribution in [0.4, 0.5) is 0 Å². The number of fused-ring (bicyclic) bond motifs is 1. The van der Waals surface area contributed by atoms with Gasteiger partial charge in [-0.15, -0.1) is 0 Å². The number of allylic oxidation sites excluding steroid dienone is 2. The number of hydrogen-bond acceptors (Lipinski definition) is 1. The van der Waals surface area contributed by atoms with Crippen molar-refractivity contribution in [1.29, 1.82) is 0 Å². The molecule has 0 amide bonds. The van der Waals surface area contributed by atoms with Crippen LogP contribution in [0.25, 0.3) is 5.57 Å². The monoisotopic (exact) mass is 160 g/mol. The highest BCUT2D eigenvalue weighted by Gasteiger charge is 2.11. The van der Waals surface area contributed by atoms with Gasteiger partial charge in [-0.05, 0) is 41.7 Å². The van der Waals surface area contributed by atoms with Gasteiger partial charge in [0.25, 0.3) is 0 Å². The minimum Gasteiger partial charge on any atom is -0.508 e. The first-order valence-electron chi connectivity index (χ1n) is 4.32. The number of phenolic OH excluding ortho intramolecular Hbond substituents is 1. The van der Waals surface area contributed by atoms with Gasteiger partial charge in [0.15, 0.2) is 0 Å². The van der Waals surface area contributed by atoms with E-state index < -0.39 is 0 Å². The highest BCUT2D eigenvalue weighted by molar-refractivity contribution is 5.73. The van der Waals surface area contributed by atoms with Crippen LogP contribution in [0, 0.1) is 0 Å². The van der Waals surface area contributed by atoms with Crippen LogP contribution in [0.15, 0.2) is 24.3 Å². The van der Waals surface area contributed by atoms with Crippen LogP contribution in [0.1, 0.15) is 24.5 Å². The lowest BCUT2D eigenvalue weighted by molar-refractivity contribution is 0.474. The molecule has 2 rings (SSSR count). The number of hydrogen-bond donors (Lipinski definition) is 1. The Morgan fingerprint density at radius 3 is 3.00 bits per heavy atom. The topological polar surface area (TPSA) is 20.2 Å². The summed E-state index contributed by atoms with van der Waals surface area (Å²) in [7, 11) is 0. The molecular formula is C11H12O. The predicted octanol–water partition coefficient (Wildman–Crippen LogP) is 2.74. The van der Waals surface area contributed by atoms with E-state index in [0.29, 0.717) is 5.75 Å². The molecule has 1 aromatic rings. The number of phenols is 1. The number of benzene rings is 1. The van der Waals surface area contributed by atoms with Gasteiger partial charge in [-0.3, -0.25) is 0 Å². The summed E-state index contributed by atoms with van der Waals surface area (Å²) >= 11 is 0. The maximum atomic E-state index is 9.23. The highest BCUT2D eigenvalue weighted by Crippen LogP contribution is 2.31. The highest BCUT2D eigenvalue weighted by atomic mass is 16.3. The average Bonchev–Trinajstić information content (AvgIpc) is 2.46. The van der Waals surface area contributed by atoms with Gasteiger partial charge < -0.3 is 5.11 Å². The fraction of sp³-hybridized carbons (Fsp3) is 0.273. The van der Waals surface area contributed by atoms with Gasteiger partial charge in [0.1, 0.15) is 5.75 Å². The third-order valence-corrected chi connectivity index (χ3v) is 2.38. The Hall–Kier alpha value is -1.24. The molecule has 12 heavy (non-hydrogen) atoms. The molecule has 0 spiro atoms. The van der Waals surface area contributed by atoms with E-state index >= 15 is 0 Å². The van der Waals surface area contributed by atoms with Crippen molar-refractivity contribution in [3.05, 3.63) is 35.4 Å². The summed E-state index contributed by atoms with van der Waals surface area (Å²) in [5, 5.41) is 9.23. The van der Waals surface area contributed by atoms with Crippen molar-refractivity contribution in [1.82, 2.24) is 0 Å². The molecule has 1 heteroatoms. The van der Waals surface area contributed by atoms with Gasteiger partial charge in [-0.1, -0.05) is 19.1 Å². The first kappa shape index (κ1) is 7.41. The van der Waals surface area contributed by atoms with Crippen LogP contribution < -0.4 is 0 Å². The third kappa shape index (κ3) is 1.02. The van der Waals surface area contributed by atoms with Gasteiger partial charge in [0, 0.05) is 0 Å². The molecular weight excluding hydrogens is 148 g/mol. The van der Waals surface area contributed by atoms with Crippen LogP contribution in [-0.2, 0) is 6.42 Å². The largest absolute Gasteiger partial charge is 0.508 e. The molecule has 0 heterocycles. The summed E-state index contributed by atoms with van der Waals surface area (Å²) in [5.41, 5.74) is 3.98. The van der Waals surface area contributed by atoms with Gasteiger partial charge in [-0.25, -0.2) is 0 Å². The molecule has 1 N–H and O–H groups in total.